The molecule has 0 radical (unpaired) electrons. The molecule has 0 atom stereocenters. The normalized spacial score (nSPS) is 10.7. The third-order valence-corrected chi connectivity index (χ3v) is 3.50. The Morgan fingerprint density at radius 3 is 2.93 bits per heavy atom. The Morgan fingerprint density at radius 1 is 1.50 bits per heavy atom. The number of rotatable bonds is 2. The summed E-state index contributed by atoms with van der Waals surface area (Å²) in [4.78, 5) is 10.8. The zero-order valence-electron chi connectivity index (χ0n) is 7.16. The Bertz CT molecular complexity index is 490. The molecular formula is C10H7ClO2S. The number of hydrogen-bond acceptors (Lipinski definition) is 3. The molecule has 4 heteroatoms. The molecule has 0 aliphatic rings. The van der Waals surface area contributed by atoms with E-state index in [1.807, 2.05) is 11.4 Å². The predicted molar refractivity (Wildman–Crippen MR) is 58.1 cm³/mol. The topological polar surface area (TPSA) is 37.3 Å². The van der Waals surface area contributed by atoms with Crippen LogP contribution in [0.3, 0.4) is 0 Å². The van der Waals surface area contributed by atoms with E-state index in [1.165, 1.54) is 11.3 Å². The molecule has 1 N–H and O–H groups in total. The molecule has 0 saturated heterocycles. The van der Waals surface area contributed by atoms with Gasteiger partial charge in [0.2, 0.25) is 0 Å². The number of thiophene rings is 1. The predicted octanol–water partition coefficient (Wildman–Crippen LogP) is 2.86. The van der Waals surface area contributed by atoms with Gasteiger partial charge in [0.05, 0.1) is 17.2 Å². The van der Waals surface area contributed by atoms with Crippen molar-refractivity contribution in [2.75, 3.05) is 0 Å². The number of aliphatic hydroxyl groups is 1. The highest BCUT2D eigenvalue weighted by atomic mass is 35.5. The van der Waals surface area contributed by atoms with Gasteiger partial charge in [0.1, 0.15) is 0 Å². The standard InChI is InChI=1S/C10H7ClO2S/c11-9-2-1-7-6(3-12)5-14-10(7)8(9)4-13/h1-2,4-5,12H,3H2. The molecule has 0 saturated carbocycles. The summed E-state index contributed by atoms with van der Waals surface area (Å²) in [5, 5.41) is 12.2. The second-order valence-corrected chi connectivity index (χ2v) is 4.16. The zero-order chi connectivity index (χ0) is 10.1. The fourth-order valence-corrected chi connectivity index (χ4v) is 2.71. The van der Waals surface area contributed by atoms with E-state index in [4.69, 9.17) is 16.7 Å². The van der Waals surface area contributed by atoms with E-state index < -0.39 is 0 Å². The van der Waals surface area contributed by atoms with E-state index in [1.54, 1.807) is 6.07 Å². The minimum Gasteiger partial charge on any atom is -0.392 e. The first-order valence-corrected chi connectivity index (χ1v) is 5.28. The molecule has 1 heterocycles. The fourth-order valence-electron chi connectivity index (χ4n) is 1.38. The monoisotopic (exact) mass is 226 g/mol. The molecule has 0 aliphatic carbocycles. The average Bonchev–Trinajstić information content (AvgIpc) is 2.60. The maximum atomic E-state index is 10.8. The minimum absolute atomic E-state index is 0.0140. The molecule has 0 fully saturated rings. The molecule has 0 amide bonds. The minimum atomic E-state index is -0.0140. The second kappa shape index (κ2) is 3.69. The maximum Gasteiger partial charge on any atom is 0.152 e. The van der Waals surface area contributed by atoms with Gasteiger partial charge in [-0.2, -0.15) is 0 Å². The number of carbonyl (C=O) groups is 1. The van der Waals surface area contributed by atoms with E-state index in [0.717, 1.165) is 21.9 Å². The number of benzene rings is 1. The van der Waals surface area contributed by atoms with Crippen LogP contribution in [0.25, 0.3) is 10.1 Å². The third kappa shape index (κ3) is 1.34. The van der Waals surface area contributed by atoms with Gasteiger partial charge >= 0.3 is 0 Å². The van der Waals surface area contributed by atoms with E-state index >= 15 is 0 Å². The van der Waals surface area contributed by atoms with Crippen LogP contribution in [0.1, 0.15) is 15.9 Å². The lowest BCUT2D eigenvalue weighted by Crippen LogP contribution is -1.84. The lowest BCUT2D eigenvalue weighted by molar-refractivity contribution is 0.112. The number of carbonyl (C=O) groups excluding carboxylic acids is 1. The van der Waals surface area contributed by atoms with Crippen LogP contribution in [0.2, 0.25) is 5.02 Å². The first-order valence-electron chi connectivity index (χ1n) is 4.02. The van der Waals surface area contributed by atoms with Crippen molar-refractivity contribution in [2.24, 2.45) is 0 Å². The number of aldehydes is 1. The molecule has 14 heavy (non-hydrogen) atoms. The average molecular weight is 227 g/mol. The SMILES string of the molecule is O=Cc1c(Cl)ccc2c(CO)csc12. The van der Waals surface area contributed by atoms with Gasteiger partial charge in [-0.3, -0.25) is 4.79 Å². The third-order valence-electron chi connectivity index (χ3n) is 2.10. The number of hydrogen-bond donors (Lipinski definition) is 1. The summed E-state index contributed by atoms with van der Waals surface area (Å²) in [6.45, 7) is -0.0140. The van der Waals surface area contributed by atoms with Crippen molar-refractivity contribution >= 4 is 39.3 Å². The van der Waals surface area contributed by atoms with Crippen LogP contribution in [0.15, 0.2) is 17.5 Å². The van der Waals surface area contributed by atoms with E-state index in [2.05, 4.69) is 0 Å². The van der Waals surface area contributed by atoms with Crippen LogP contribution in [0, 0.1) is 0 Å². The van der Waals surface area contributed by atoms with Crippen molar-refractivity contribution in [3.8, 4) is 0 Å². The first kappa shape index (κ1) is 9.65. The first-order chi connectivity index (χ1) is 6.77. The molecule has 1 aromatic heterocycles. The fraction of sp³-hybridized carbons (Fsp3) is 0.100. The van der Waals surface area contributed by atoms with Crippen molar-refractivity contribution in [1.29, 1.82) is 0 Å². The molecule has 0 aliphatic heterocycles. The summed E-state index contributed by atoms with van der Waals surface area (Å²) in [6, 6.07) is 3.51. The number of halogens is 1. The molecule has 0 spiro atoms. The quantitative estimate of drug-likeness (QED) is 0.800. The summed E-state index contributed by atoms with van der Waals surface area (Å²) in [5.74, 6) is 0. The van der Waals surface area contributed by atoms with Gasteiger partial charge in [-0.1, -0.05) is 17.7 Å². The van der Waals surface area contributed by atoms with Gasteiger partial charge in [-0.05, 0) is 22.4 Å². The Labute approximate surface area is 89.7 Å². The molecule has 0 unspecified atom stereocenters. The maximum absolute atomic E-state index is 10.8. The van der Waals surface area contributed by atoms with Gasteiger partial charge in [0.15, 0.2) is 6.29 Å². The van der Waals surface area contributed by atoms with Crippen molar-refractivity contribution in [2.45, 2.75) is 6.61 Å². The summed E-state index contributed by atoms with van der Waals surface area (Å²) in [7, 11) is 0. The van der Waals surface area contributed by atoms with Gasteiger partial charge in [-0.15, -0.1) is 11.3 Å². The van der Waals surface area contributed by atoms with Crippen molar-refractivity contribution in [3.05, 3.63) is 33.7 Å². The highest BCUT2D eigenvalue weighted by Gasteiger charge is 2.09. The molecule has 2 aromatic rings. The Morgan fingerprint density at radius 2 is 2.29 bits per heavy atom. The molecular weight excluding hydrogens is 220 g/mol. The molecule has 2 rings (SSSR count). The number of aliphatic hydroxyl groups excluding tert-OH is 1. The zero-order valence-corrected chi connectivity index (χ0v) is 8.73. The van der Waals surface area contributed by atoms with Crippen LogP contribution in [0.4, 0.5) is 0 Å². The van der Waals surface area contributed by atoms with Gasteiger partial charge in [0.25, 0.3) is 0 Å². The van der Waals surface area contributed by atoms with Gasteiger partial charge in [0, 0.05) is 4.70 Å². The van der Waals surface area contributed by atoms with Gasteiger partial charge in [-0.25, -0.2) is 0 Å². The Balaban J connectivity index is 2.83. The summed E-state index contributed by atoms with van der Waals surface area (Å²) in [6.07, 6.45) is 0.752. The van der Waals surface area contributed by atoms with Crippen molar-refractivity contribution < 1.29 is 9.90 Å². The lowest BCUT2D eigenvalue weighted by Gasteiger charge is -1.98. The van der Waals surface area contributed by atoms with Crippen LogP contribution in [-0.2, 0) is 6.61 Å². The Kier molecular flexibility index (Phi) is 2.54. The molecule has 2 nitrogen and oxygen atoms in total. The van der Waals surface area contributed by atoms with Gasteiger partial charge < -0.3 is 5.11 Å². The van der Waals surface area contributed by atoms with Crippen molar-refractivity contribution in [1.82, 2.24) is 0 Å². The molecule has 72 valence electrons. The van der Waals surface area contributed by atoms with E-state index in [0.29, 0.717) is 10.6 Å². The summed E-state index contributed by atoms with van der Waals surface area (Å²) < 4.78 is 0.844. The second-order valence-electron chi connectivity index (χ2n) is 2.87. The Hall–Kier alpha value is -0.900. The van der Waals surface area contributed by atoms with Crippen molar-refractivity contribution in [3.63, 3.8) is 0 Å². The van der Waals surface area contributed by atoms with E-state index in [-0.39, 0.29) is 6.61 Å². The lowest BCUT2D eigenvalue weighted by atomic mass is 10.1. The van der Waals surface area contributed by atoms with Crippen LogP contribution in [0.5, 0.6) is 0 Å². The highest BCUT2D eigenvalue weighted by Crippen LogP contribution is 2.32. The van der Waals surface area contributed by atoms with Crippen LogP contribution < -0.4 is 0 Å². The highest BCUT2D eigenvalue weighted by molar-refractivity contribution is 7.17. The van der Waals surface area contributed by atoms with E-state index in [9.17, 15) is 4.79 Å². The van der Waals surface area contributed by atoms with Crippen LogP contribution in [-0.4, -0.2) is 11.4 Å². The largest absolute Gasteiger partial charge is 0.392 e. The summed E-state index contributed by atoms with van der Waals surface area (Å²) >= 11 is 7.30. The molecule has 0 bridgehead atoms. The number of fused-ring (bicyclic) bond motifs is 1. The summed E-state index contributed by atoms with van der Waals surface area (Å²) in [5.41, 5.74) is 1.35. The molecule has 1 aromatic carbocycles. The van der Waals surface area contributed by atoms with Crippen LogP contribution >= 0.6 is 22.9 Å². The smallest absolute Gasteiger partial charge is 0.152 e.